The summed E-state index contributed by atoms with van der Waals surface area (Å²) in [7, 11) is 2.04. The molecule has 0 atom stereocenters. The molecule has 0 radical (unpaired) electrons. The average molecular weight is 236 g/mol. The molecule has 98 valence electrons. The summed E-state index contributed by atoms with van der Waals surface area (Å²) in [5.41, 5.74) is 5.04. The highest BCUT2D eigenvalue weighted by Crippen LogP contribution is 2.36. The van der Waals surface area contributed by atoms with Crippen molar-refractivity contribution in [2.24, 2.45) is 11.8 Å². The third-order valence-electron chi connectivity index (χ3n) is 4.74. The van der Waals surface area contributed by atoms with Gasteiger partial charge in [-0.05, 0) is 57.4 Å². The molecular weight excluding hydrogens is 208 g/mol. The molecule has 2 nitrogen and oxygen atoms in total. The minimum atomic E-state index is 0.912. The number of hydrogen-bond donors (Lipinski definition) is 1. The van der Waals surface area contributed by atoms with Gasteiger partial charge in [0.15, 0.2) is 0 Å². The van der Waals surface area contributed by atoms with Crippen molar-refractivity contribution in [3.05, 3.63) is 11.6 Å². The van der Waals surface area contributed by atoms with Crippen LogP contribution in [-0.4, -0.2) is 25.1 Å². The van der Waals surface area contributed by atoms with E-state index in [0.717, 1.165) is 11.8 Å². The van der Waals surface area contributed by atoms with E-state index in [1.807, 2.05) is 7.05 Å². The van der Waals surface area contributed by atoms with E-state index in [0.29, 0.717) is 0 Å². The van der Waals surface area contributed by atoms with Crippen molar-refractivity contribution in [2.75, 3.05) is 20.1 Å². The smallest absolute Gasteiger partial charge is 0.0168 e. The van der Waals surface area contributed by atoms with E-state index in [1.54, 1.807) is 5.57 Å². The molecule has 2 aliphatic rings. The molecule has 1 saturated carbocycles. The summed E-state index contributed by atoms with van der Waals surface area (Å²) in [6.45, 7) is 4.71. The summed E-state index contributed by atoms with van der Waals surface area (Å²) in [5, 5.41) is 2.35. The lowest BCUT2D eigenvalue weighted by molar-refractivity contribution is 0.215. The maximum Gasteiger partial charge on any atom is 0.0168 e. The normalized spacial score (nSPS) is 32.0. The molecule has 0 unspecified atom stereocenters. The molecule has 0 spiro atoms. The lowest BCUT2D eigenvalue weighted by Crippen LogP contribution is -2.35. The van der Waals surface area contributed by atoms with Crippen LogP contribution in [0.5, 0.6) is 0 Å². The standard InChI is InChI=1S/C15H28N2/c1-3-13-6-8-15(9-7-13)14-5-4-11-17(16-2)12-10-14/h5,13,15-16H,3-4,6-12H2,1-2H3. The highest BCUT2D eigenvalue weighted by Gasteiger charge is 2.23. The van der Waals surface area contributed by atoms with Crippen molar-refractivity contribution in [1.29, 1.82) is 0 Å². The molecule has 0 saturated heterocycles. The number of nitrogens with zero attached hydrogens (tertiary/aromatic N) is 1. The Kier molecular flexibility index (Phi) is 5.05. The van der Waals surface area contributed by atoms with Gasteiger partial charge in [0.2, 0.25) is 0 Å². The van der Waals surface area contributed by atoms with E-state index in [1.165, 1.54) is 58.0 Å². The van der Waals surface area contributed by atoms with Crippen LogP contribution >= 0.6 is 0 Å². The third kappa shape index (κ3) is 3.56. The first-order valence-electron chi connectivity index (χ1n) is 7.44. The van der Waals surface area contributed by atoms with Gasteiger partial charge in [-0.2, -0.15) is 0 Å². The minimum absolute atomic E-state index is 0.912. The van der Waals surface area contributed by atoms with Crippen LogP contribution in [0.15, 0.2) is 11.6 Å². The molecule has 0 aromatic carbocycles. The van der Waals surface area contributed by atoms with Gasteiger partial charge in [0.05, 0.1) is 0 Å². The molecule has 0 aromatic rings. The van der Waals surface area contributed by atoms with Crippen LogP contribution in [-0.2, 0) is 0 Å². The molecule has 17 heavy (non-hydrogen) atoms. The second-order valence-electron chi connectivity index (χ2n) is 5.65. The van der Waals surface area contributed by atoms with Gasteiger partial charge in [0, 0.05) is 13.1 Å². The predicted molar refractivity (Wildman–Crippen MR) is 73.7 cm³/mol. The number of nitrogens with one attached hydrogen (secondary N) is 1. The number of hydrogen-bond acceptors (Lipinski definition) is 2. The SMILES string of the molecule is CCC1CCC(C2=CCCN(NC)CC2)CC1. The summed E-state index contributed by atoms with van der Waals surface area (Å²) in [4.78, 5) is 0. The van der Waals surface area contributed by atoms with Crippen molar-refractivity contribution < 1.29 is 0 Å². The number of hydrazine groups is 1. The Bertz CT molecular complexity index is 252. The van der Waals surface area contributed by atoms with Gasteiger partial charge in [-0.25, -0.2) is 5.01 Å². The van der Waals surface area contributed by atoms with Gasteiger partial charge in [-0.3, -0.25) is 5.43 Å². The van der Waals surface area contributed by atoms with Crippen molar-refractivity contribution in [1.82, 2.24) is 10.4 Å². The number of rotatable bonds is 3. The average Bonchev–Trinajstić information content (AvgIpc) is 2.64. The fourth-order valence-electron chi connectivity index (χ4n) is 3.42. The molecule has 1 aliphatic heterocycles. The molecule has 1 aliphatic carbocycles. The molecule has 0 bridgehead atoms. The second kappa shape index (κ2) is 6.55. The van der Waals surface area contributed by atoms with Crippen molar-refractivity contribution in [3.8, 4) is 0 Å². The van der Waals surface area contributed by atoms with Crippen molar-refractivity contribution in [3.63, 3.8) is 0 Å². The second-order valence-corrected chi connectivity index (χ2v) is 5.65. The van der Waals surface area contributed by atoms with Gasteiger partial charge in [-0.1, -0.05) is 25.0 Å². The fourth-order valence-corrected chi connectivity index (χ4v) is 3.42. The summed E-state index contributed by atoms with van der Waals surface area (Å²) in [6, 6.07) is 0. The van der Waals surface area contributed by atoms with Gasteiger partial charge in [0.1, 0.15) is 0 Å². The van der Waals surface area contributed by atoms with Crippen molar-refractivity contribution in [2.45, 2.75) is 51.9 Å². The summed E-state index contributed by atoms with van der Waals surface area (Å²) in [6.07, 6.45) is 12.3. The summed E-state index contributed by atoms with van der Waals surface area (Å²) >= 11 is 0. The molecule has 1 fully saturated rings. The quantitative estimate of drug-likeness (QED) is 0.756. The first-order valence-corrected chi connectivity index (χ1v) is 7.44. The van der Waals surface area contributed by atoms with E-state index >= 15 is 0 Å². The molecule has 1 N–H and O–H groups in total. The fraction of sp³-hybridized carbons (Fsp3) is 0.867. The Morgan fingerprint density at radius 2 is 2.00 bits per heavy atom. The Morgan fingerprint density at radius 3 is 2.65 bits per heavy atom. The first kappa shape index (κ1) is 13.1. The Balaban J connectivity index is 1.84. The minimum Gasteiger partial charge on any atom is -0.258 e. The van der Waals surface area contributed by atoms with Crippen LogP contribution in [0.2, 0.25) is 0 Å². The van der Waals surface area contributed by atoms with Crippen molar-refractivity contribution >= 4 is 0 Å². The van der Waals surface area contributed by atoms with Crippen LogP contribution in [0, 0.1) is 11.8 Å². The van der Waals surface area contributed by atoms with Gasteiger partial charge in [-0.15, -0.1) is 0 Å². The van der Waals surface area contributed by atoms with Gasteiger partial charge in [0.25, 0.3) is 0 Å². The first-order chi connectivity index (χ1) is 8.33. The third-order valence-corrected chi connectivity index (χ3v) is 4.74. The van der Waals surface area contributed by atoms with Crippen LogP contribution in [0.25, 0.3) is 0 Å². The van der Waals surface area contributed by atoms with E-state index in [9.17, 15) is 0 Å². The summed E-state index contributed by atoms with van der Waals surface area (Å²) < 4.78 is 0. The predicted octanol–water partition coefficient (Wildman–Crippen LogP) is 3.36. The molecule has 0 aromatic heterocycles. The largest absolute Gasteiger partial charge is 0.258 e. The van der Waals surface area contributed by atoms with E-state index in [-0.39, 0.29) is 0 Å². The molecule has 2 rings (SSSR count). The van der Waals surface area contributed by atoms with Crippen LogP contribution in [0.3, 0.4) is 0 Å². The molecule has 1 heterocycles. The lowest BCUT2D eigenvalue weighted by Gasteiger charge is -2.29. The molecule has 0 amide bonds. The maximum atomic E-state index is 3.28. The maximum absolute atomic E-state index is 3.28. The zero-order valence-electron chi connectivity index (χ0n) is 11.5. The Labute approximate surface area is 106 Å². The zero-order chi connectivity index (χ0) is 12.1. The van der Waals surface area contributed by atoms with Crippen LogP contribution in [0.4, 0.5) is 0 Å². The van der Waals surface area contributed by atoms with Crippen LogP contribution < -0.4 is 5.43 Å². The van der Waals surface area contributed by atoms with E-state index < -0.39 is 0 Å². The lowest BCUT2D eigenvalue weighted by atomic mass is 9.76. The molecular formula is C15H28N2. The molecule has 2 heteroatoms. The highest BCUT2D eigenvalue weighted by molar-refractivity contribution is 5.10. The monoisotopic (exact) mass is 236 g/mol. The van der Waals surface area contributed by atoms with E-state index in [2.05, 4.69) is 23.4 Å². The van der Waals surface area contributed by atoms with Crippen LogP contribution in [0.1, 0.15) is 51.9 Å². The Morgan fingerprint density at radius 1 is 1.24 bits per heavy atom. The van der Waals surface area contributed by atoms with Gasteiger partial charge < -0.3 is 0 Å². The Hall–Kier alpha value is -0.340. The zero-order valence-corrected chi connectivity index (χ0v) is 11.5. The topological polar surface area (TPSA) is 15.3 Å². The summed E-state index contributed by atoms with van der Waals surface area (Å²) in [5.74, 6) is 1.93. The van der Waals surface area contributed by atoms with Gasteiger partial charge >= 0.3 is 0 Å². The highest BCUT2D eigenvalue weighted by atomic mass is 15.5. The van der Waals surface area contributed by atoms with E-state index in [4.69, 9.17) is 0 Å².